The molecule has 2 saturated heterocycles. The lowest BCUT2D eigenvalue weighted by Gasteiger charge is -2.45. The Bertz CT molecular complexity index is 257. The van der Waals surface area contributed by atoms with E-state index in [4.69, 9.17) is 0 Å². The van der Waals surface area contributed by atoms with Crippen LogP contribution in [0.1, 0.15) is 19.8 Å². The molecule has 2 heterocycles. The van der Waals surface area contributed by atoms with E-state index >= 15 is 0 Å². The van der Waals surface area contributed by atoms with Crippen LogP contribution in [0.2, 0.25) is 0 Å². The molecule has 0 aromatic carbocycles. The van der Waals surface area contributed by atoms with Crippen LogP contribution in [0.5, 0.6) is 0 Å². The third kappa shape index (κ3) is 2.22. The smallest absolute Gasteiger partial charge is 0.111 e. The Morgan fingerprint density at radius 3 is 2.31 bits per heavy atom. The Balaban J connectivity index is 2.00. The quantitative estimate of drug-likeness (QED) is 0.728. The number of nitrogens with one attached hydrogen (secondary N) is 1. The minimum absolute atomic E-state index is 0.173. The Kier molecular flexibility index (Phi) is 3.80. The van der Waals surface area contributed by atoms with Crippen LogP contribution in [0.25, 0.3) is 0 Å². The fourth-order valence-electron chi connectivity index (χ4n) is 2.83. The topological polar surface area (TPSA) is 42.3 Å². The summed E-state index contributed by atoms with van der Waals surface area (Å²) in [7, 11) is 0. The molecule has 16 heavy (non-hydrogen) atoms. The van der Waals surface area contributed by atoms with Crippen molar-refractivity contribution < 1.29 is 0 Å². The molecule has 0 spiro atoms. The highest BCUT2D eigenvalue weighted by molar-refractivity contribution is 5.11. The number of piperidine rings is 1. The van der Waals surface area contributed by atoms with E-state index in [-0.39, 0.29) is 5.54 Å². The number of hydrogen-bond acceptors (Lipinski definition) is 4. The van der Waals surface area contributed by atoms with E-state index in [2.05, 4.69) is 28.1 Å². The van der Waals surface area contributed by atoms with Crippen LogP contribution >= 0.6 is 0 Å². The third-order valence-electron chi connectivity index (χ3n) is 4.06. The maximum atomic E-state index is 9.52. The molecule has 2 aliphatic rings. The monoisotopic (exact) mass is 222 g/mol. The fourth-order valence-corrected chi connectivity index (χ4v) is 2.83. The Labute approximate surface area is 98.2 Å². The van der Waals surface area contributed by atoms with E-state index in [0.29, 0.717) is 0 Å². The first-order chi connectivity index (χ1) is 7.80. The second-order valence-corrected chi connectivity index (χ2v) is 4.81. The summed E-state index contributed by atoms with van der Waals surface area (Å²) in [6, 6.07) is 2.60. The number of rotatable bonds is 2. The molecule has 0 amide bonds. The van der Waals surface area contributed by atoms with Crippen LogP contribution < -0.4 is 5.32 Å². The fraction of sp³-hybridized carbons (Fsp3) is 0.917. The molecule has 0 bridgehead atoms. The van der Waals surface area contributed by atoms with Crippen LogP contribution in [0, 0.1) is 11.3 Å². The highest BCUT2D eigenvalue weighted by atomic mass is 15.3. The van der Waals surface area contributed by atoms with Crippen LogP contribution in [0.4, 0.5) is 0 Å². The molecule has 1 N–H and O–H groups in total. The summed E-state index contributed by atoms with van der Waals surface area (Å²) in [5.41, 5.74) is -0.173. The van der Waals surface area contributed by atoms with E-state index in [1.807, 2.05) is 0 Å². The molecule has 4 nitrogen and oxygen atoms in total. The van der Waals surface area contributed by atoms with Crippen molar-refractivity contribution in [2.45, 2.75) is 25.3 Å². The Hall–Kier alpha value is -0.630. The molecule has 0 unspecified atom stereocenters. The first kappa shape index (κ1) is 11.8. The second-order valence-electron chi connectivity index (χ2n) is 4.81. The molecule has 0 aromatic heterocycles. The van der Waals surface area contributed by atoms with Gasteiger partial charge in [-0.2, -0.15) is 5.26 Å². The van der Waals surface area contributed by atoms with Gasteiger partial charge in [-0.3, -0.25) is 4.90 Å². The Morgan fingerprint density at radius 2 is 1.81 bits per heavy atom. The van der Waals surface area contributed by atoms with E-state index in [1.54, 1.807) is 0 Å². The normalized spacial score (nSPS) is 27.5. The first-order valence-corrected chi connectivity index (χ1v) is 6.40. The lowest BCUT2D eigenvalue weighted by molar-refractivity contribution is 0.0534. The second kappa shape index (κ2) is 5.13. The van der Waals surface area contributed by atoms with Crippen molar-refractivity contribution in [3.8, 4) is 6.07 Å². The molecule has 0 aromatic rings. The third-order valence-corrected chi connectivity index (χ3v) is 4.06. The van der Waals surface area contributed by atoms with Gasteiger partial charge < -0.3 is 10.2 Å². The van der Waals surface area contributed by atoms with Gasteiger partial charge in [0.25, 0.3) is 0 Å². The molecule has 0 saturated carbocycles. The SMILES string of the molecule is CCN1CCC(C#N)(N2CCNCC2)CC1. The largest absolute Gasteiger partial charge is 0.314 e. The van der Waals surface area contributed by atoms with Gasteiger partial charge in [0.1, 0.15) is 5.54 Å². The van der Waals surface area contributed by atoms with Crippen LogP contribution in [-0.2, 0) is 0 Å². The number of nitriles is 1. The number of hydrogen-bond donors (Lipinski definition) is 1. The molecule has 2 aliphatic heterocycles. The highest BCUT2D eigenvalue weighted by Crippen LogP contribution is 2.28. The highest BCUT2D eigenvalue weighted by Gasteiger charge is 2.40. The van der Waals surface area contributed by atoms with Crippen LogP contribution in [0.15, 0.2) is 0 Å². The Morgan fingerprint density at radius 1 is 1.19 bits per heavy atom. The molecule has 2 rings (SSSR count). The van der Waals surface area contributed by atoms with Gasteiger partial charge >= 0.3 is 0 Å². The lowest BCUT2D eigenvalue weighted by Crippen LogP contribution is -2.59. The van der Waals surface area contributed by atoms with Gasteiger partial charge in [0.15, 0.2) is 0 Å². The van der Waals surface area contributed by atoms with Gasteiger partial charge in [-0.15, -0.1) is 0 Å². The van der Waals surface area contributed by atoms with Crippen molar-refractivity contribution in [3.05, 3.63) is 0 Å². The standard InChI is InChI=1S/C12H22N4/c1-2-15-7-3-12(11-13,4-8-15)16-9-5-14-6-10-16/h14H,2-10H2,1H3. The van der Waals surface area contributed by atoms with Crippen LogP contribution in [-0.4, -0.2) is 61.2 Å². The summed E-state index contributed by atoms with van der Waals surface area (Å²) in [4.78, 5) is 4.84. The van der Waals surface area contributed by atoms with Gasteiger partial charge in [0, 0.05) is 39.3 Å². The molecular formula is C12H22N4. The average molecular weight is 222 g/mol. The molecule has 90 valence electrons. The number of piperazine rings is 1. The van der Waals surface area contributed by atoms with Gasteiger partial charge in [-0.1, -0.05) is 6.92 Å². The van der Waals surface area contributed by atoms with Crippen molar-refractivity contribution in [2.24, 2.45) is 0 Å². The average Bonchev–Trinajstić information content (AvgIpc) is 2.40. The van der Waals surface area contributed by atoms with Crippen molar-refractivity contribution in [3.63, 3.8) is 0 Å². The minimum Gasteiger partial charge on any atom is -0.314 e. The van der Waals surface area contributed by atoms with Crippen molar-refractivity contribution >= 4 is 0 Å². The lowest BCUT2D eigenvalue weighted by atomic mass is 9.86. The van der Waals surface area contributed by atoms with E-state index < -0.39 is 0 Å². The summed E-state index contributed by atoms with van der Waals surface area (Å²) >= 11 is 0. The molecule has 4 heteroatoms. The van der Waals surface area contributed by atoms with Crippen molar-refractivity contribution in [2.75, 3.05) is 45.8 Å². The van der Waals surface area contributed by atoms with Gasteiger partial charge in [0.05, 0.1) is 6.07 Å². The maximum Gasteiger partial charge on any atom is 0.111 e. The van der Waals surface area contributed by atoms with Gasteiger partial charge in [-0.25, -0.2) is 0 Å². The summed E-state index contributed by atoms with van der Waals surface area (Å²) < 4.78 is 0. The van der Waals surface area contributed by atoms with E-state index in [9.17, 15) is 5.26 Å². The predicted molar refractivity (Wildman–Crippen MR) is 64.1 cm³/mol. The van der Waals surface area contributed by atoms with Crippen molar-refractivity contribution in [1.29, 1.82) is 5.26 Å². The van der Waals surface area contributed by atoms with Crippen LogP contribution in [0.3, 0.4) is 0 Å². The van der Waals surface area contributed by atoms with E-state index in [1.165, 1.54) is 0 Å². The zero-order valence-corrected chi connectivity index (χ0v) is 10.2. The number of nitrogens with zero attached hydrogens (tertiary/aromatic N) is 3. The van der Waals surface area contributed by atoms with Gasteiger partial charge in [-0.05, 0) is 19.4 Å². The molecular weight excluding hydrogens is 200 g/mol. The summed E-state index contributed by atoms with van der Waals surface area (Å²) in [5, 5.41) is 12.9. The maximum absolute atomic E-state index is 9.52. The minimum atomic E-state index is -0.173. The molecule has 0 atom stereocenters. The van der Waals surface area contributed by atoms with Crippen molar-refractivity contribution in [1.82, 2.24) is 15.1 Å². The zero-order chi connectivity index (χ0) is 11.4. The van der Waals surface area contributed by atoms with Gasteiger partial charge in [0.2, 0.25) is 0 Å². The molecule has 2 fully saturated rings. The predicted octanol–water partition coefficient (Wildman–Crippen LogP) is 0.270. The van der Waals surface area contributed by atoms with E-state index in [0.717, 1.165) is 58.7 Å². The summed E-state index contributed by atoms with van der Waals surface area (Å²) in [5.74, 6) is 0. The molecule has 0 radical (unpaired) electrons. The number of likely N-dealkylation sites (tertiary alicyclic amines) is 1. The summed E-state index contributed by atoms with van der Waals surface area (Å²) in [6.45, 7) is 9.58. The zero-order valence-electron chi connectivity index (χ0n) is 10.2. The first-order valence-electron chi connectivity index (χ1n) is 6.40. The molecule has 0 aliphatic carbocycles. The summed E-state index contributed by atoms with van der Waals surface area (Å²) in [6.07, 6.45) is 2.02.